The third-order valence-corrected chi connectivity index (χ3v) is 4.71. The minimum Gasteiger partial charge on any atom is -0.393 e. The standard InChI is InChI=1S/C16H23NO3S/c1-12(18)15-7-4-8-17(10-15)16(19)14-6-3-5-13(9-14)11-21(2)20/h3,5-6,9,12,15,18H,4,7-8,10-11H2,1-2H3. The summed E-state index contributed by atoms with van der Waals surface area (Å²) in [6.07, 6.45) is 3.18. The molecule has 0 bridgehead atoms. The minimum atomic E-state index is -0.913. The number of amides is 1. The van der Waals surface area contributed by atoms with Crippen LogP contribution in [0.15, 0.2) is 24.3 Å². The highest BCUT2D eigenvalue weighted by molar-refractivity contribution is 7.83. The van der Waals surface area contributed by atoms with E-state index in [-0.39, 0.29) is 17.9 Å². The highest BCUT2D eigenvalue weighted by atomic mass is 32.2. The normalized spacial score (nSPS) is 21.9. The average molecular weight is 309 g/mol. The quantitative estimate of drug-likeness (QED) is 0.922. The van der Waals surface area contributed by atoms with E-state index < -0.39 is 10.8 Å². The molecule has 5 heteroatoms. The first-order valence-electron chi connectivity index (χ1n) is 7.33. The molecule has 2 rings (SSSR count). The summed E-state index contributed by atoms with van der Waals surface area (Å²) < 4.78 is 11.3. The number of carbonyl (C=O) groups is 1. The molecule has 21 heavy (non-hydrogen) atoms. The van der Waals surface area contributed by atoms with Crippen molar-refractivity contribution in [3.05, 3.63) is 35.4 Å². The van der Waals surface area contributed by atoms with Crippen LogP contribution in [0.2, 0.25) is 0 Å². The van der Waals surface area contributed by atoms with Crippen LogP contribution in [-0.4, -0.2) is 45.6 Å². The van der Waals surface area contributed by atoms with Gasteiger partial charge in [-0.15, -0.1) is 0 Å². The van der Waals surface area contributed by atoms with Gasteiger partial charge in [0.1, 0.15) is 0 Å². The monoisotopic (exact) mass is 309 g/mol. The van der Waals surface area contributed by atoms with Gasteiger partial charge in [-0.1, -0.05) is 12.1 Å². The Morgan fingerprint density at radius 2 is 2.29 bits per heavy atom. The first-order valence-corrected chi connectivity index (χ1v) is 9.06. The molecule has 0 radical (unpaired) electrons. The SMILES string of the molecule is CC(O)C1CCCN(C(=O)c2cccc(CS(C)=O)c2)C1. The van der Waals surface area contributed by atoms with E-state index >= 15 is 0 Å². The van der Waals surface area contributed by atoms with Crippen molar-refractivity contribution in [2.24, 2.45) is 5.92 Å². The van der Waals surface area contributed by atoms with Crippen molar-refractivity contribution in [2.45, 2.75) is 31.6 Å². The Kier molecular flexibility index (Phi) is 5.53. The second-order valence-electron chi connectivity index (χ2n) is 5.81. The number of carbonyl (C=O) groups excluding carboxylic acids is 1. The molecule has 0 spiro atoms. The van der Waals surface area contributed by atoms with Gasteiger partial charge in [0, 0.05) is 47.4 Å². The van der Waals surface area contributed by atoms with E-state index in [9.17, 15) is 14.1 Å². The molecular formula is C16H23NO3S. The van der Waals surface area contributed by atoms with Gasteiger partial charge in [0.25, 0.3) is 5.91 Å². The van der Waals surface area contributed by atoms with E-state index in [0.29, 0.717) is 17.9 Å². The molecular weight excluding hydrogens is 286 g/mol. The summed E-state index contributed by atoms with van der Waals surface area (Å²) in [6, 6.07) is 7.37. The molecule has 116 valence electrons. The molecule has 1 N–H and O–H groups in total. The number of aliphatic hydroxyl groups is 1. The predicted octanol–water partition coefficient (Wildman–Crippen LogP) is 1.80. The van der Waals surface area contributed by atoms with Crippen LogP contribution in [0, 0.1) is 5.92 Å². The predicted molar refractivity (Wildman–Crippen MR) is 84.5 cm³/mol. The maximum Gasteiger partial charge on any atom is 0.253 e. The number of rotatable bonds is 4. The van der Waals surface area contributed by atoms with Crippen LogP contribution in [-0.2, 0) is 16.6 Å². The Bertz CT molecular complexity index is 530. The van der Waals surface area contributed by atoms with E-state index in [0.717, 1.165) is 24.9 Å². The van der Waals surface area contributed by atoms with Crippen molar-refractivity contribution in [3.8, 4) is 0 Å². The lowest BCUT2D eigenvalue weighted by Crippen LogP contribution is -2.42. The number of piperidine rings is 1. The summed E-state index contributed by atoms with van der Waals surface area (Å²) in [5, 5.41) is 9.72. The highest BCUT2D eigenvalue weighted by Crippen LogP contribution is 2.21. The zero-order chi connectivity index (χ0) is 15.4. The lowest BCUT2D eigenvalue weighted by molar-refractivity contribution is 0.0466. The van der Waals surface area contributed by atoms with Gasteiger partial charge in [-0.25, -0.2) is 0 Å². The lowest BCUT2D eigenvalue weighted by Gasteiger charge is -2.34. The molecule has 1 heterocycles. The van der Waals surface area contributed by atoms with Crippen LogP contribution in [0.25, 0.3) is 0 Å². The van der Waals surface area contributed by atoms with Crippen LogP contribution in [0.1, 0.15) is 35.7 Å². The summed E-state index contributed by atoms with van der Waals surface area (Å²) in [6.45, 7) is 3.14. The van der Waals surface area contributed by atoms with Crippen molar-refractivity contribution in [3.63, 3.8) is 0 Å². The maximum atomic E-state index is 12.6. The molecule has 4 nitrogen and oxygen atoms in total. The van der Waals surface area contributed by atoms with Gasteiger partial charge in [-0.3, -0.25) is 9.00 Å². The van der Waals surface area contributed by atoms with Crippen LogP contribution < -0.4 is 0 Å². The number of nitrogens with zero attached hydrogens (tertiary/aromatic N) is 1. The molecule has 1 aliphatic heterocycles. The van der Waals surface area contributed by atoms with Gasteiger partial charge in [-0.2, -0.15) is 0 Å². The molecule has 0 saturated carbocycles. The van der Waals surface area contributed by atoms with E-state index in [2.05, 4.69) is 0 Å². The van der Waals surface area contributed by atoms with Crippen molar-refractivity contribution in [1.29, 1.82) is 0 Å². The van der Waals surface area contributed by atoms with Gasteiger partial charge >= 0.3 is 0 Å². The number of aliphatic hydroxyl groups excluding tert-OH is 1. The van der Waals surface area contributed by atoms with E-state index in [1.165, 1.54) is 0 Å². The van der Waals surface area contributed by atoms with Gasteiger partial charge in [0.15, 0.2) is 0 Å². The van der Waals surface area contributed by atoms with Crippen molar-refractivity contribution in [2.75, 3.05) is 19.3 Å². The zero-order valence-corrected chi connectivity index (χ0v) is 13.4. The van der Waals surface area contributed by atoms with Crippen LogP contribution in [0.5, 0.6) is 0 Å². The Labute approximate surface area is 128 Å². The summed E-state index contributed by atoms with van der Waals surface area (Å²) in [5.41, 5.74) is 1.56. The number of hydrogen-bond donors (Lipinski definition) is 1. The molecule has 1 saturated heterocycles. The number of likely N-dealkylation sites (tertiary alicyclic amines) is 1. The Hall–Kier alpha value is -1.20. The summed E-state index contributed by atoms with van der Waals surface area (Å²) in [5.74, 6) is 0.635. The average Bonchev–Trinajstić information content (AvgIpc) is 2.46. The van der Waals surface area contributed by atoms with Crippen molar-refractivity contribution >= 4 is 16.7 Å². The Morgan fingerprint density at radius 3 is 2.95 bits per heavy atom. The van der Waals surface area contributed by atoms with Gasteiger partial charge < -0.3 is 10.0 Å². The fourth-order valence-corrected chi connectivity index (χ4v) is 3.45. The number of hydrogen-bond acceptors (Lipinski definition) is 3. The van der Waals surface area contributed by atoms with E-state index in [1.54, 1.807) is 19.2 Å². The van der Waals surface area contributed by atoms with Crippen molar-refractivity contribution < 1.29 is 14.1 Å². The summed E-state index contributed by atoms with van der Waals surface area (Å²) in [4.78, 5) is 14.4. The zero-order valence-electron chi connectivity index (χ0n) is 12.6. The number of benzene rings is 1. The minimum absolute atomic E-state index is 0.00378. The largest absolute Gasteiger partial charge is 0.393 e. The molecule has 0 aliphatic carbocycles. The Morgan fingerprint density at radius 1 is 1.52 bits per heavy atom. The first kappa shape index (κ1) is 16.2. The van der Waals surface area contributed by atoms with Crippen LogP contribution in [0.3, 0.4) is 0 Å². The molecule has 3 atom stereocenters. The van der Waals surface area contributed by atoms with E-state index in [4.69, 9.17) is 0 Å². The highest BCUT2D eigenvalue weighted by Gasteiger charge is 2.27. The lowest BCUT2D eigenvalue weighted by atomic mass is 9.93. The van der Waals surface area contributed by atoms with Crippen molar-refractivity contribution in [1.82, 2.24) is 4.90 Å². The second kappa shape index (κ2) is 7.18. The summed E-state index contributed by atoms with van der Waals surface area (Å²) >= 11 is 0. The molecule has 1 amide bonds. The molecule has 1 aromatic rings. The molecule has 1 fully saturated rings. The Balaban J connectivity index is 2.10. The first-order chi connectivity index (χ1) is 9.97. The van der Waals surface area contributed by atoms with Gasteiger partial charge in [0.05, 0.1) is 6.10 Å². The summed E-state index contributed by atoms with van der Waals surface area (Å²) in [7, 11) is -0.913. The third kappa shape index (κ3) is 4.38. The fraction of sp³-hybridized carbons (Fsp3) is 0.562. The molecule has 3 unspecified atom stereocenters. The topological polar surface area (TPSA) is 57.6 Å². The van der Waals surface area contributed by atoms with Crippen LogP contribution in [0.4, 0.5) is 0 Å². The second-order valence-corrected chi connectivity index (χ2v) is 7.25. The molecule has 0 aromatic heterocycles. The maximum absolute atomic E-state index is 12.6. The van der Waals surface area contributed by atoms with Crippen LogP contribution >= 0.6 is 0 Å². The molecule has 1 aromatic carbocycles. The third-order valence-electron chi connectivity index (χ3n) is 3.97. The smallest absolute Gasteiger partial charge is 0.253 e. The van der Waals surface area contributed by atoms with Gasteiger partial charge in [-0.05, 0) is 37.5 Å². The van der Waals surface area contributed by atoms with E-state index in [1.807, 2.05) is 23.1 Å². The fourth-order valence-electron chi connectivity index (χ4n) is 2.80. The van der Waals surface area contributed by atoms with Gasteiger partial charge in [0.2, 0.25) is 0 Å². The molecule has 1 aliphatic rings.